The third-order valence-corrected chi connectivity index (χ3v) is 9.48. The van der Waals surface area contributed by atoms with Crippen LogP contribution in [0.1, 0.15) is 60.1 Å². The number of nitrogens with one attached hydrogen (secondary N) is 2. The fourth-order valence-corrected chi connectivity index (χ4v) is 7.34. The van der Waals surface area contributed by atoms with E-state index < -0.39 is 15.9 Å². The molecule has 3 aromatic carbocycles. The number of anilines is 2. The maximum atomic E-state index is 14.1. The van der Waals surface area contributed by atoms with Crippen molar-refractivity contribution in [3.8, 4) is 5.75 Å². The Morgan fingerprint density at radius 1 is 0.976 bits per heavy atom. The zero-order valence-corrected chi connectivity index (χ0v) is 24.8. The highest BCUT2D eigenvalue weighted by molar-refractivity contribution is 7.89. The van der Waals surface area contributed by atoms with Gasteiger partial charge < -0.3 is 19.7 Å². The summed E-state index contributed by atoms with van der Waals surface area (Å²) in [5, 5.41) is 2.84. The number of benzene rings is 3. The van der Waals surface area contributed by atoms with Gasteiger partial charge in [-0.05, 0) is 80.5 Å². The predicted molar refractivity (Wildman–Crippen MR) is 161 cm³/mol. The van der Waals surface area contributed by atoms with Gasteiger partial charge in [0.05, 0.1) is 30.9 Å². The third kappa shape index (κ3) is 6.44. The molecule has 0 saturated carbocycles. The first-order chi connectivity index (χ1) is 20.3. The lowest BCUT2D eigenvalue weighted by molar-refractivity contribution is -0.148. The summed E-state index contributed by atoms with van der Waals surface area (Å²) in [4.78, 5) is 27.5. The number of amides is 1. The number of rotatable bonds is 9. The molecule has 1 amide bonds. The van der Waals surface area contributed by atoms with E-state index in [-0.39, 0.29) is 22.8 Å². The first-order valence-electron chi connectivity index (χ1n) is 14.4. The minimum absolute atomic E-state index is 0.0814. The van der Waals surface area contributed by atoms with Gasteiger partial charge in [0.25, 0.3) is 5.91 Å². The number of nitrogens with zero attached hydrogens (tertiary/aromatic N) is 1. The number of fused-ring (bicyclic) bond motifs is 1. The first kappa shape index (κ1) is 29.6. The highest BCUT2D eigenvalue weighted by Crippen LogP contribution is 2.35. The van der Waals surface area contributed by atoms with E-state index in [4.69, 9.17) is 9.47 Å². The first-order valence-corrected chi connectivity index (χ1v) is 15.9. The van der Waals surface area contributed by atoms with Crippen LogP contribution in [0.15, 0.2) is 71.6 Å². The standard InChI is InChI=1S/C32H37N3O6S/c1-3-41-32(37)23-17-19-35(20-18-23)28-16-15-24(33-31(36)26-12-6-7-14-29(26)40-2)21-30(28)42(38,39)34-27-13-8-10-22-9-4-5-11-25(22)27/h4-7,9,11-12,14-16,21,23,27,34H,3,8,10,13,17-20H2,1-2H3,(H,33,36)/t27-/m1/s1. The zero-order valence-electron chi connectivity index (χ0n) is 24.0. The minimum atomic E-state index is -4.02. The largest absolute Gasteiger partial charge is 0.496 e. The average molecular weight is 592 g/mol. The summed E-state index contributed by atoms with van der Waals surface area (Å²) in [5.74, 6) is -0.413. The molecule has 1 fully saturated rings. The summed E-state index contributed by atoms with van der Waals surface area (Å²) in [7, 11) is -2.52. The van der Waals surface area contributed by atoms with E-state index in [1.165, 1.54) is 13.2 Å². The molecule has 1 heterocycles. The molecule has 0 radical (unpaired) electrons. The van der Waals surface area contributed by atoms with Crippen molar-refractivity contribution in [1.82, 2.24) is 4.72 Å². The molecule has 0 unspecified atom stereocenters. The number of carbonyl (C=O) groups excluding carboxylic acids is 2. The summed E-state index contributed by atoms with van der Waals surface area (Å²) in [6, 6.07) is 19.4. The maximum absolute atomic E-state index is 14.1. The molecule has 3 aromatic rings. The monoisotopic (exact) mass is 591 g/mol. The van der Waals surface area contributed by atoms with Gasteiger partial charge in [0.1, 0.15) is 10.6 Å². The molecule has 42 heavy (non-hydrogen) atoms. The van der Waals surface area contributed by atoms with Crippen molar-refractivity contribution < 1.29 is 27.5 Å². The number of carbonyl (C=O) groups is 2. The molecule has 1 atom stereocenters. The molecule has 1 saturated heterocycles. The van der Waals surface area contributed by atoms with Crippen molar-refractivity contribution in [2.45, 2.75) is 50.0 Å². The van der Waals surface area contributed by atoms with Gasteiger partial charge in [-0.1, -0.05) is 36.4 Å². The van der Waals surface area contributed by atoms with E-state index in [2.05, 4.69) is 10.0 Å². The van der Waals surface area contributed by atoms with Gasteiger partial charge in [-0.25, -0.2) is 13.1 Å². The lowest BCUT2D eigenvalue weighted by Gasteiger charge is -2.34. The molecule has 0 spiro atoms. The van der Waals surface area contributed by atoms with Crippen LogP contribution < -0.4 is 19.7 Å². The van der Waals surface area contributed by atoms with Crippen LogP contribution in [0.4, 0.5) is 11.4 Å². The minimum Gasteiger partial charge on any atom is -0.496 e. The average Bonchev–Trinajstić information content (AvgIpc) is 3.01. The summed E-state index contributed by atoms with van der Waals surface area (Å²) in [6.45, 7) is 3.13. The number of para-hydroxylation sites is 1. The smallest absolute Gasteiger partial charge is 0.309 e. The summed E-state index contributed by atoms with van der Waals surface area (Å²) in [5.41, 5.74) is 3.36. The number of ether oxygens (including phenoxy) is 2. The lowest BCUT2D eigenvalue weighted by atomic mass is 9.88. The molecule has 0 aromatic heterocycles. The van der Waals surface area contributed by atoms with Crippen molar-refractivity contribution in [1.29, 1.82) is 0 Å². The number of hydrogen-bond acceptors (Lipinski definition) is 7. The molecule has 1 aliphatic heterocycles. The van der Waals surface area contributed by atoms with Crippen molar-refractivity contribution in [2.24, 2.45) is 5.92 Å². The van der Waals surface area contributed by atoms with Gasteiger partial charge >= 0.3 is 5.97 Å². The highest BCUT2D eigenvalue weighted by Gasteiger charge is 2.32. The predicted octanol–water partition coefficient (Wildman–Crippen LogP) is 5.08. The molecule has 0 bridgehead atoms. The number of aryl methyl sites for hydroxylation is 1. The van der Waals surface area contributed by atoms with Crippen LogP contribution in [0.3, 0.4) is 0 Å². The van der Waals surface area contributed by atoms with Crippen LogP contribution in [0.5, 0.6) is 5.75 Å². The maximum Gasteiger partial charge on any atom is 0.309 e. The van der Waals surface area contributed by atoms with Crippen LogP contribution in [-0.2, 0) is 26.0 Å². The van der Waals surface area contributed by atoms with Crippen molar-refractivity contribution in [2.75, 3.05) is 37.0 Å². The van der Waals surface area contributed by atoms with Crippen LogP contribution in [0.2, 0.25) is 0 Å². The molecule has 9 nitrogen and oxygen atoms in total. The second-order valence-corrected chi connectivity index (χ2v) is 12.3. The molecule has 2 N–H and O–H groups in total. The van der Waals surface area contributed by atoms with Crippen molar-refractivity contribution in [3.63, 3.8) is 0 Å². The normalized spacial score (nSPS) is 17.3. The molecule has 222 valence electrons. The third-order valence-electron chi connectivity index (χ3n) is 7.98. The van der Waals surface area contributed by atoms with Gasteiger partial charge in [-0.15, -0.1) is 0 Å². The van der Waals surface area contributed by atoms with Crippen molar-refractivity contribution >= 4 is 33.3 Å². The Bertz CT molecular complexity index is 1550. The zero-order chi connectivity index (χ0) is 29.7. The molecule has 10 heteroatoms. The molecular formula is C32H37N3O6S. The Morgan fingerprint density at radius 3 is 2.48 bits per heavy atom. The SMILES string of the molecule is CCOC(=O)C1CCN(c2ccc(NC(=O)c3ccccc3OC)cc2S(=O)(=O)N[C@@H]2CCCc3ccccc32)CC1. The van der Waals surface area contributed by atoms with Gasteiger partial charge in [0, 0.05) is 24.8 Å². The number of piperidine rings is 1. The summed E-state index contributed by atoms with van der Waals surface area (Å²) in [6.07, 6.45) is 3.62. The Morgan fingerprint density at radius 2 is 1.71 bits per heavy atom. The van der Waals surface area contributed by atoms with Gasteiger partial charge in [0.15, 0.2) is 0 Å². The number of methoxy groups -OCH3 is 1. The number of esters is 1. The Labute approximate surface area is 247 Å². The molecule has 2 aliphatic rings. The quantitative estimate of drug-likeness (QED) is 0.334. The fraction of sp³-hybridized carbons (Fsp3) is 0.375. The van der Waals surface area contributed by atoms with Crippen LogP contribution in [0, 0.1) is 5.92 Å². The van der Waals surface area contributed by atoms with Crippen LogP contribution >= 0.6 is 0 Å². The molecule has 5 rings (SSSR count). The van der Waals surface area contributed by atoms with E-state index in [0.717, 1.165) is 24.0 Å². The van der Waals surface area contributed by atoms with Gasteiger partial charge in [0.2, 0.25) is 10.0 Å². The molecular weight excluding hydrogens is 554 g/mol. The number of hydrogen-bond donors (Lipinski definition) is 2. The number of sulfonamides is 1. The molecule has 1 aliphatic carbocycles. The van der Waals surface area contributed by atoms with E-state index in [1.54, 1.807) is 43.3 Å². The van der Waals surface area contributed by atoms with Crippen LogP contribution in [0.25, 0.3) is 0 Å². The summed E-state index contributed by atoms with van der Waals surface area (Å²) >= 11 is 0. The topological polar surface area (TPSA) is 114 Å². The highest BCUT2D eigenvalue weighted by atomic mass is 32.2. The lowest BCUT2D eigenvalue weighted by Crippen LogP contribution is -2.38. The van der Waals surface area contributed by atoms with E-state index in [1.807, 2.05) is 29.2 Å². The van der Waals surface area contributed by atoms with Crippen molar-refractivity contribution in [3.05, 3.63) is 83.4 Å². The second kappa shape index (κ2) is 13.0. The Kier molecular flexibility index (Phi) is 9.13. The van der Waals surface area contributed by atoms with E-state index in [0.29, 0.717) is 61.6 Å². The second-order valence-electron chi connectivity index (χ2n) is 10.6. The van der Waals surface area contributed by atoms with Gasteiger partial charge in [-0.3, -0.25) is 9.59 Å². The van der Waals surface area contributed by atoms with E-state index in [9.17, 15) is 18.0 Å². The summed E-state index contributed by atoms with van der Waals surface area (Å²) < 4.78 is 41.7. The Hall–Kier alpha value is -3.89. The Balaban J connectivity index is 1.46. The fourth-order valence-electron chi connectivity index (χ4n) is 5.84. The van der Waals surface area contributed by atoms with Crippen LogP contribution in [-0.4, -0.2) is 47.1 Å². The van der Waals surface area contributed by atoms with E-state index >= 15 is 0 Å². The van der Waals surface area contributed by atoms with Gasteiger partial charge in [-0.2, -0.15) is 0 Å².